The van der Waals surface area contributed by atoms with Crippen LogP contribution < -0.4 is 10.1 Å². The highest BCUT2D eigenvalue weighted by molar-refractivity contribution is 6.18. The van der Waals surface area contributed by atoms with Gasteiger partial charge in [-0.3, -0.25) is 19.0 Å². The highest BCUT2D eigenvalue weighted by atomic mass is 16.5. The van der Waals surface area contributed by atoms with Gasteiger partial charge in [0.05, 0.1) is 12.6 Å². The Morgan fingerprint density at radius 1 is 1.03 bits per heavy atom. The second kappa shape index (κ2) is 8.73. The molecule has 0 bridgehead atoms. The minimum atomic E-state index is -1.23. The fourth-order valence-corrected chi connectivity index (χ4v) is 4.95. The lowest BCUT2D eigenvalue weighted by molar-refractivity contribution is -0.125. The normalized spacial score (nSPS) is 18.9. The van der Waals surface area contributed by atoms with Crippen LogP contribution >= 0.6 is 0 Å². The minimum absolute atomic E-state index is 0.0376. The summed E-state index contributed by atoms with van der Waals surface area (Å²) in [6.07, 6.45) is 5.07. The number of carbonyl (C=O) groups excluding carboxylic acids is 3. The molecule has 1 aromatic heterocycles. The first kappa shape index (κ1) is 21.2. The SMILES string of the molecule is COc1ccc2cc3n(c2c1)C(=O)C(C(=O)NC1CCCCC1)N(Cc1ccccc1)C3=O. The number of nitrogens with one attached hydrogen (secondary N) is 1. The molecule has 1 N–H and O–H groups in total. The maximum Gasteiger partial charge on any atom is 0.272 e. The van der Waals surface area contributed by atoms with Gasteiger partial charge >= 0.3 is 0 Å². The molecule has 170 valence electrons. The Bertz CT molecular complexity index is 1210. The molecule has 1 fully saturated rings. The van der Waals surface area contributed by atoms with Crippen LogP contribution in [0.4, 0.5) is 0 Å². The summed E-state index contributed by atoms with van der Waals surface area (Å²) in [5.41, 5.74) is 1.69. The number of ether oxygens (including phenoxy) is 1. The van der Waals surface area contributed by atoms with Gasteiger partial charge in [-0.05, 0) is 36.6 Å². The van der Waals surface area contributed by atoms with Crippen LogP contribution in [0, 0.1) is 0 Å². The molecular formula is C26H27N3O4. The summed E-state index contributed by atoms with van der Waals surface area (Å²) in [6.45, 7) is 0.180. The summed E-state index contributed by atoms with van der Waals surface area (Å²) in [7, 11) is 1.55. The molecule has 0 saturated heterocycles. The van der Waals surface area contributed by atoms with E-state index in [1.807, 2.05) is 36.4 Å². The Labute approximate surface area is 192 Å². The van der Waals surface area contributed by atoms with Crippen molar-refractivity contribution in [2.75, 3.05) is 7.11 Å². The molecule has 2 aliphatic rings. The Balaban J connectivity index is 1.57. The molecular weight excluding hydrogens is 418 g/mol. The topological polar surface area (TPSA) is 80.6 Å². The maximum atomic E-state index is 13.8. The summed E-state index contributed by atoms with van der Waals surface area (Å²) in [4.78, 5) is 42.3. The van der Waals surface area contributed by atoms with Gasteiger partial charge < -0.3 is 15.0 Å². The molecule has 0 radical (unpaired) electrons. The molecule has 2 aromatic carbocycles. The number of amides is 2. The number of benzene rings is 2. The number of fused-ring (bicyclic) bond motifs is 3. The molecule has 1 aliphatic heterocycles. The van der Waals surface area contributed by atoms with Crippen molar-refractivity contribution in [1.82, 2.24) is 14.8 Å². The van der Waals surface area contributed by atoms with Crippen molar-refractivity contribution >= 4 is 28.6 Å². The molecule has 1 atom stereocenters. The third kappa shape index (κ3) is 3.88. The molecule has 2 amide bonds. The first-order valence-electron chi connectivity index (χ1n) is 11.5. The number of hydrogen-bond acceptors (Lipinski definition) is 4. The zero-order valence-electron chi connectivity index (χ0n) is 18.6. The van der Waals surface area contributed by atoms with Gasteiger partial charge in [-0.15, -0.1) is 0 Å². The summed E-state index contributed by atoms with van der Waals surface area (Å²) in [6, 6.07) is 15.3. The first-order chi connectivity index (χ1) is 16.1. The lowest BCUT2D eigenvalue weighted by atomic mass is 9.95. The van der Waals surface area contributed by atoms with Crippen molar-refractivity contribution in [2.45, 2.75) is 50.7 Å². The number of hydrogen-bond donors (Lipinski definition) is 1. The summed E-state index contributed by atoms with van der Waals surface area (Å²) >= 11 is 0. The molecule has 5 rings (SSSR count). The Morgan fingerprint density at radius 3 is 2.52 bits per heavy atom. The van der Waals surface area contributed by atoms with Gasteiger partial charge in [0.1, 0.15) is 11.4 Å². The third-order valence-corrected chi connectivity index (χ3v) is 6.65. The molecule has 7 nitrogen and oxygen atoms in total. The minimum Gasteiger partial charge on any atom is -0.497 e. The van der Waals surface area contributed by atoms with Crippen LogP contribution in [0.25, 0.3) is 10.9 Å². The quantitative estimate of drug-likeness (QED) is 0.607. The van der Waals surface area contributed by atoms with Crippen LogP contribution in [0.15, 0.2) is 54.6 Å². The van der Waals surface area contributed by atoms with Crippen molar-refractivity contribution in [3.63, 3.8) is 0 Å². The smallest absolute Gasteiger partial charge is 0.272 e. The van der Waals surface area contributed by atoms with Crippen LogP contribution in [-0.4, -0.2) is 46.4 Å². The van der Waals surface area contributed by atoms with Gasteiger partial charge in [0, 0.05) is 24.0 Å². The van der Waals surface area contributed by atoms with E-state index in [0.717, 1.165) is 43.1 Å². The molecule has 1 aliphatic carbocycles. The van der Waals surface area contributed by atoms with E-state index in [-0.39, 0.29) is 24.2 Å². The van der Waals surface area contributed by atoms with Crippen molar-refractivity contribution in [3.8, 4) is 5.75 Å². The second-order valence-corrected chi connectivity index (χ2v) is 8.79. The summed E-state index contributed by atoms with van der Waals surface area (Å²) in [5.74, 6) is -0.584. The highest BCUT2D eigenvalue weighted by Gasteiger charge is 2.44. The van der Waals surface area contributed by atoms with Gasteiger partial charge in [0.2, 0.25) is 0 Å². The van der Waals surface area contributed by atoms with Crippen LogP contribution in [0.5, 0.6) is 5.75 Å². The second-order valence-electron chi connectivity index (χ2n) is 8.79. The third-order valence-electron chi connectivity index (χ3n) is 6.65. The lowest BCUT2D eigenvalue weighted by Crippen LogP contribution is -2.59. The Hall–Kier alpha value is -3.61. The zero-order valence-corrected chi connectivity index (χ0v) is 18.6. The van der Waals surface area contributed by atoms with E-state index in [1.54, 1.807) is 25.3 Å². The van der Waals surface area contributed by atoms with E-state index < -0.39 is 17.9 Å². The highest BCUT2D eigenvalue weighted by Crippen LogP contribution is 2.30. The van der Waals surface area contributed by atoms with Crippen molar-refractivity contribution in [1.29, 1.82) is 0 Å². The van der Waals surface area contributed by atoms with Crippen LogP contribution in [-0.2, 0) is 11.3 Å². The fraction of sp³-hybridized carbons (Fsp3) is 0.346. The average Bonchev–Trinajstić information content (AvgIpc) is 3.23. The standard InChI is InChI=1S/C26H27N3O4/c1-33-20-13-12-18-14-22-25(31)28(16-17-8-4-2-5-9-17)23(26(32)29(22)21(18)15-20)24(30)27-19-10-6-3-7-11-19/h2,4-5,8-9,12-15,19,23H,3,6-7,10-11,16H2,1H3,(H,27,30). The number of rotatable bonds is 5. The zero-order chi connectivity index (χ0) is 22.9. The number of carbonyl (C=O) groups is 3. The summed E-state index contributed by atoms with van der Waals surface area (Å²) < 4.78 is 6.70. The number of nitrogens with zero attached hydrogens (tertiary/aromatic N) is 2. The molecule has 3 aromatic rings. The molecule has 2 heterocycles. The molecule has 1 saturated carbocycles. The molecule has 33 heavy (non-hydrogen) atoms. The summed E-state index contributed by atoms with van der Waals surface area (Å²) in [5, 5.41) is 3.81. The molecule has 1 unspecified atom stereocenters. The molecule has 0 spiro atoms. The van der Waals surface area contributed by atoms with Gasteiger partial charge in [0.25, 0.3) is 17.7 Å². The van der Waals surface area contributed by atoms with Gasteiger partial charge in [-0.2, -0.15) is 0 Å². The molecule has 7 heteroatoms. The van der Waals surface area contributed by atoms with E-state index in [1.165, 1.54) is 9.47 Å². The van der Waals surface area contributed by atoms with Crippen LogP contribution in [0.3, 0.4) is 0 Å². The van der Waals surface area contributed by atoms with Crippen molar-refractivity contribution in [3.05, 3.63) is 65.9 Å². The van der Waals surface area contributed by atoms with Crippen LogP contribution in [0.2, 0.25) is 0 Å². The van der Waals surface area contributed by atoms with E-state index in [0.29, 0.717) is 11.3 Å². The number of methoxy groups -OCH3 is 1. The largest absolute Gasteiger partial charge is 0.497 e. The maximum absolute atomic E-state index is 13.8. The van der Waals surface area contributed by atoms with Gasteiger partial charge in [-0.1, -0.05) is 49.6 Å². The Morgan fingerprint density at radius 2 is 1.79 bits per heavy atom. The average molecular weight is 446 g/mol. The fourth-order valence-electron chi connectivity index (χ4n) is 4.95. The monoisotopic (exact) mass is 445 g/mol. The van der Waals surface area contributed by atoms with Crippen molar-refractivity contribution in [2.24, 2.45) is 0 Å². The van der Waals surface area contributed by atoms with Gasteiger partial charge in [-0.25, -0.2) is 0 Å². The van der Waals surface area contributed by atoms with E-state index in [9.17, 15) is 14.4 Å². The van der Waals surface area contributed by atoms with E-state index >= 15 is 0 Å². The van der Waals surface area contributed by atoms with Crippen LogP contribution in [0.1, 0.15) is 53.0 Å². The number of aromatic nitrogens is 1. The predicted octanol–water partition coefficient (Wildman–Crippen LogP) is 3.76. The van der Waals surface area contributed by atoms with E-state index in [4.69, 9.17) is 4.74 Å². The predicted molar refractivity (Wildman–Crippen MR) is 124 cm³/mol. The van der Waals surface area contributed by atoms with E-state index in [2.05, 4.69) is 5.32 Å². The van der Waals surface area contributed by atoms with Crippen molar-refractivity contribution < 1.29 is 19.1 Å². The lowest BCUT2D eigenvalue weighted by Gasteiger charge is -2.35. The Kier molecular flexibility index (Phi) is 5.62. The van der Waals surface area contributed by atoms with Gasteiger partial charge in [0.15, 0.2) is 6.04 Å². The first-order valence-corrected chi connectivity index (χ1v) is 11.5.